The van der Waals surface area contributed by atoms with Crippen LogP contribution >= 0.6 is 0 Å². The molecule has 0 aromatic heterocycles. The van der Waals surface area contributed by atoms with Crippen molar-refractivity contribution in [1.29, 1.82) is 0 Å². The second-order valence-corrected chi connectivity index (χ2v) is 13.7. The molecule has 1 heteroatoms. The molecule has 0 aliphatic rings. The third-order valence-corrected chi connectivity index (χ3v) is 10.7. The summed E-state index contributed by atoms with van der Waals surface area (Å²) in [5, 5.41) is 10.0. The predicted octanol–water partition coefficient (Wildman–Crippen LogP) is 14.8. The summed E-state index contributed by atoms with van der Waals surface area (Å²) in [7, 11) is 0. The van der Waals surface area contributed by atoms with Gasteiger partial charge < -0.3 is 4.90 Å². The van der Waals surface area contributed by atoms with Crippen molar-refractivity contribution in [3.63, 3.8) is 0 Å². The Bertz CT molecular complexity index is 2830. The van der Waals surface area contributed by atoms with Crippen LogP contribution in [0.3, 0.4) is 0 Å². The van der Waals surface area contributed by atoms with E-state index in [1.54, 1.807) is 0 Å². The van der Waals surface area contributed by atoms with Crippen molar-refractivity contribution in [1.82, 2.24) is 0 Å². The Morgan fingerprint density at radius 2 is 0.679 bits per heavy atom. The largest absolute Gasteiger partial charge is 0.310 e. The van der Waals surface area contributed by atoms with Crippen LogP contribution in [0.2, 0.25) is 0 Å². The lowest BCUT2D eigenvalue weighted by Crippen LogP contribution is -2.11. The van der Waals surface area contributed by atoms with Crippen LogP contribution in [-0.2, 0) is 0 Å². The SMILES string of the molecule is c1ccc(-c2ccc(N(c3ccc(-c4ccccc4)cc3)c3ccc4ccccc4c3-c3cccc4c3ccc3c5ccccc5ccc43)cc2)cc1. The number of benzene rings is 10. The van der Waals surface area contributed by atoms with Gasteiger partial charge in [0.25, 0.3) is 0 Å². The van der Waals surface area contributed by atoms with E-state index in [9.17, 15) is 0 Å². The third kappa shape index (κ3) is 5.42. The fourth-order valence-corrected chi connectivity index (χ4v) is 8.10. The molecule has 0 radical (unpaired) electrons. The molecule has 0 saturated heterocycles. The van der Waals surface area contributed by atoms with Crippen LogP contribution in [0.25, 0.3) is 76.5 Å². The molecular formula is C52H35N. The summed E-state index contributed by atoms with van der Waals surface area (Å²) in [4.78, 5) is 2.43. The summed E-state index contributed by atoms with van der Waals surface area (Å²) >= 11 is 0. The minimum atomic E-state index is 1.10. The summed E-state index contributed by atoms with van der Waals surface area (Å²) in [6, 6.07) is 77.3. The molecule has 0 aliphatic heterocycles. The summed E-state index contributed by atoms with van der Waals surface area (Å²) < 4.78 is 0. The molecule has 1 nitrogen and oxygen atoms in total. The molecule has 0 saturated carbocycles. The van der Waals surface area contributed by atoms with Crippen LogP contribution in [-0.4, -0.2) is 0 Å². The van der Waals surface area contributed by atoms with Gasteiger partial charge in [0.05, 0.1) is 5.69 Å². The zero-order valence-electron chi connectivity index (χ0n) is 29.2. The average Bonchev–Trinajstić information content (AvgIpc) is 3.24. The molecular weight excluding hydrogens is 639 g/mol. The maximum Gasteiger partial charge on any atom is 0.0546 e. The highest BCUT2D eigenvalue weighted by Gasteiger charge is 2.21. The van der Waals surface area contributed by atoms with E-state index in [2.05, 4.69) is 217 Å². The number of fused-ring (bicyclic) bond motifs is 6. The lowest BCUT2D eigenvalue weighted by atomic mass is 9.89. The highest BCUT2D eigenvalue weighted by atomic mass is 15.1. The van der Waals surface area contributed by atoms with E-state index in [0.29, 0.717) is 0 Å². The van der Waals surface area contributed by atoms with E-state index in [1.165, 1.54) is 76.5 Å². The van der Waals surface area contributed by atoms with Gasteiger partial charge in [0, 0.05) is 16.9 Å². The fourth-order valence-electron chi connectivity index (χ4n) is 8.10. The van der Waals surface area contributed by atoms with E-state index in [-0.39, 0.29) is 0 Å². The van der Waals surface area contributed by atoms with Gasteiger partial charge in [-0.05, 0) is 101 Å². The first kappa shape index (κ1) is 30.8. The van der Waals surface area contributed by atoms with Crippen LogP contribution in [0.1, 0.15) is 0 Å². The van der Waals surface area contributed by atoms with Crippen molar-refractivity contribution in [2.75, 3.05) is 4.90 Å². The average molecular weight is 674 g/mol. The first-order valence-electron chi connectivity index (χ1n) is 18.3. The van der Waals surface area contributed by atoms with Crippen LogP contribution in [0.4, 0.5) is 17.1 Å². The van der Waals surface area contributed by atoms with Crippen molar-refractivity contribution >= 4 is 60.2 Å². The van der Waals surface area contributed by atoms with Crippen LogP contribution in [0, 0.1) is 0 Å². The maximum atomic E-state index is 2.43. The van der Waals surface area contributed by atoms with Gasteiger partial charge in [0.1, 0.15) is 0 Å². The van der Waals surface area contributed by atoms with E-state index in [4.69, 9.17) is 0 Å². The highest BCUT2D eigenvalue weighted by molar-refractivity contribution is 6.21. The van der Waals surface area contributed by atoms with Crippen molar-refractivity contribution in [2.45, 2.75) is 0 Å². The van der Waals surface area contributed by atoms with Gasteiger partial charge in [-0.2, -0.15) is 0 Å². The summed E-state index contributed by atoms with van der Waals surface area (Å²) in [5.41, 5.74) is 10.6. The van der Waals surface area contributed by atoms with Crippen molar-refractivity contribution in [2.24, 2.45) is 0 Å². The normalized spacial score (nSPS) is 11.4. The molecule has 0 amide bonds. The van der Waals surface area contributed by atoms with Gasteiger partial charge in [-0.15, -0.1) is 0 Å². The Kier molecular flexibility index (Phi) is 7.55. The number of rotatable bonds is 6. The van der Waals surface area contributed by atoms with E-state index in [1.807, 2.05) is 0 Å². The van der Waals surface area contributed by atoms with Gasteiger partial charge in [-0.3, -0.25) is 0 Å². The molecule has 248 valence electrons. The second-order valence-electron chi connectivity index (χ2n) is 13.7. The first-order valence-corrected chi connectivity index (χ1v) is 18.3. The Balaban J connectivity index is 1.22. The molecule has 0 atom stereocenters. The van der Waals surface area contributed by atoms with E-state index >= 15 is 0 Å². The second kappa shape index (κ2) is 13.0. The minimum absolute atomic E-state index is 1.10. The topological polar surface area (TPSA) is 3.24 Å². The third-order valence-electron chi connectivity index (χ3n) is 10.7. The summed E-state index contributed by atoms with van der Waals surface area (Å²) in [5.74, 6) is 0. The predicted molar refractivity (Wildman–Crippen MR) is 227 cm³/mol. The molecule has 53 heavy (non-hydrogen) atoms. The zero-order chi connectivity index (χ0) is 35.1. The fraction of sp³-hybridized carbons (Fsp3) is 0. The van der Waals surface area contributed by atoms with Gasteiger partial charge >= 0.3 is 0 Å². The number of nitrogens with zero attached hydrogens (tertiary/aromatic N) is 1. The van der Waals surface area contributed by atoms with Crippen molar-refractivity contribution in [3.05, 3.63) is 212 Å². The number of hydrogen-bond donors (Lipinski definition) is 0. The molecule has 0 fully saturated rings. The molecule has 0 N–H and O–H groups in total. The lowest BCUT2D eigenvalue weighted by Gasteiger charge is -2.29. The molecule has 0 unspecified atom stereocenters. The van der Waals surface area contributed by atoms with Gasteiger partial charge in [-0.1, -0.05) is 182 Å². The van der Waals surface area contributed by atoms with Gasteiger partial charge in [-0.25, -0.2) is 0 Å². The molecule has 0 spiro atoms. The lowest BCUT2D eigenvalue weighted by molar-refractivity contribution is 1.29. The van der Waals surface area contributed by atoms with Gasteiger partial charge in [0.2, 0.25) is 0 Å². The highest BCUT2D eigenvalue weighted by Crippen LogP contribution is 2.47. The van der Waals surface area contributed by atoms with Crippen molar-refractivity contribution < 1.29 is 0 Å². The quantitative estimate of drug-likeness (QED) is 0.159. The maximum absolute atomic E-state index is 2.43. The molecule has 10 aromatic carbocycles. The summed E-state index contributed by atoms with van der Waals surface area (Å²) in [6.07, 6.45) is 0. The Morgan fingerprint density at radius 3 is 1.32 bits per heavy atom. The molecule has 0 heterocycles. The van der Waals surface area contributed by atoms with E-state index < -0.39 is 0 Å². The van der Waals surface area contributed by atoms with Crippen LogP contribution in [0.5, 0.6) is 0 Å². The Labute approximate surface area is 309 Å². The van der Waals surface area contributed by atoms with E-state index in [0.717, 1.165) is 17.1 Å². The van der Waals surface area contributed by atoms with Crippen LogP contribution in [0.15, 0.2) is 212 Å². The van der Waals surface area contributed by atoms with Crippen molar-refractivity contribution in [3.8, 4) is 33.4 Å². The Morgan fingerprint density at radius 1 is 0.245 bits per heavy atom. The zero-order valence-corrected chi connectivity index (χ0v) is 29.2. The first-order chi connectivity index (χ1) is 26.3. The van der Waals surface area contributed by atoms with Gasteiger partial charge in [0.15, 0.2) is 0 Å². The molecule has 0 aliphatic carbocycles. The minimum Gasteiger partial charge on any atom is -0.310 e. The van der Waals surface area contributed by atoms with Crippen LogP contribution < -0.4 is 4.90 Å². The molecule has 0 bridgehead atoms. The summed E-state index contributed by atoms with van der Waals surface area (Å²) in [6.45, 7) is 0. The molecule has 10 rings (SSSR count). The Hall–Kier alpha value is -6.96. The monoisotopic (exact) mass is 673 g/mol. The molecule has 10 aromatic rings. The number of hydrogen-bond acceptors (Lipinski definition) is 1. The standard InChI is InChI=1S/C52H35N/c1-3-12-36(13-4-1)38-22-28-42(29-23-38)53(43-30-24-39(25-31-43)37-14-5-2-6-15-37)51-35-27-41-17-8-10-19-45(41)52(51)50-21-11-20-46-48-32-26-40-16-7-9-18-44(40)47(48)33-34-49(46)50/h1-35H. The smallest absolute Gasteiger partial charge is 0.0546 e. The number of anilines is 3.